The zero-order chi connectivity index (χ0) is 11.3. The summed E-state index contributed by atoms with van der Waals surface area (Å²) in [6.45, 7) is 8.64. The van der Waals surface area contributed by atoms with Crippen LogP contribution in [0, 0.1) is 5.92 Å². The van der Waals surface area contributed by atoms with E-state index in [9.17, 15) is 4.79 Å². The minimum absolute atomic E-state index is 0.262. The maximum Gasteiger partial charge on any atom is 0.236 e. The Morgan fingerprint density at radius 1 is 1.47 bits per heavy atom. The van der Waals surface area contributed by atoms with E-state index in [1.54, 1.807) is 0 Å². The summed E-state index contributed by atoms with van der Waals surface area (Å²) >= 11 is 0. The number of nitrogens with zero attached hydrogens (tertiary/aromatic N) is 1. The van der Waals surface area contributed by atoms with Gasteiger partial charge in [0.15, 0.2) is 0 Å². The van der Waals surface area contributed by atoms with Gasteiger partial charge in [-0.3, -0.25) is 4.79 Å². The van der Waals surface area contributed by atoms with Gasteiger partial charge in [0.1, 0.15) is 0 Å². The largest absolute Gasteiger partial charge is 0.341 e. The molecule has 1 aliphatic rings. The molecule has 0 atom stereocenters. The topological polar surface area (TPSA) is 32.3 Å². The summed E-state index contributed by atoms with van der Waals surface area (Å²) in [6.07, 6.45) is 3.68. The van der Waals surface area contributed by atoms with Crippen molar-refractivity contribution in [2.24, 2.45) is 5.92 Å². The molecule has 1 fully saturated rings. The molecule has 15 heavy (non-hydrogen) atoms. The second kappa shape index (κ2) is 6.11. The van der Waals surface area contributed by atoms with Gasteiger partial charge >= 0.3 is 0 Å². The van der Waals surface area contributed by atoms with Gasteiger partial charge in [0.25, 0.3) is 0 Å². The van der Waals surface area contributed by atoms with Crippen LogP contribution in [-0.2, 0) is 4.79 Å². The molecule has 0 aliphatic heterocycles. The second-order valence-electron chi connectivity index (χ2n) is 4.82. The fourth-order valence-corrected chi connectivity index (χ4v) is 1.60. The van der Waals surface area contributed by atoms with E-state index in [1.165, 1.54) is 12.8 Å². The molecule has 0 radical (unpaired) electrons. The first-order valence-corrected chi connectivity index (χ1v) is 6.14. The Kier molecular flexibility index (Phi) is 5.09. The molecule has 0 spiro atoms. The van der Waals surface area contributed by atoms with Crippen molar-refractivity contribution in [1.29, 1.82) is 0 Å². The number of amides is 1. The Labute approximate surface area is 93.2 Å². The van der Waals surface area contributed by atoms with Crippen LogP contribution in [0.5, 0.6) is 0 Å². The Morgan fingerprint density at radius 2 is 2.13 bits per heavy atom. The van der Waals surface area contributed by atoms with Gasteiger partial charge in [0.05, 0.1) is 6.54 Å². The molecule has 3 nitrogen and oxygen atoms in total. The first kappa shape index (κ1) is 12.5. The zero-order valence-electron chi connectivity index (χ0n) is 10.3. The summed E-state index contributed by atoms with van der Waals surface area (Å²) in [6, 6.07) is 0.387. The van der Waals surface area contributed by atoms with Crippen LogP contribution < -0.4 is 5.32 Å². The smallest absolute Gasteiger partial charge is 0.236 e. The highest BCUT2D eigenvalue weighted by molar-refractivity contribution is 5.78. The van der Waals surface area contributed by atoms with Crippen LogP contribution in [0.3, 0.4) is 0 Å². The number of hydrogen-bond acceptors (Lipinski definition) is 2. The van der Waals surface area contributed by atoms with Gasteiger partial charge in [-0.05, 0) is 25.2 Å². The van der Waals surface area contributed by atoms with Gasteiger partial charge in [0, 0.05) is 19.1 Å². The summed E-state index contributed by atoms with van der Waals surface area (Å²) in [5.74, 6) is 1.05. The lowest BCUT2D eigenvalue weighted by Crippen LogP contribution is -2.41. The monoisotopic (exact) mass is 212 g/mol. The van der Waals surface area contributed by atoms with E-state index < -0.39 is 0 Å². The molecule has 0 unspecified atom stereocenters. The van der Waals surface area contributed by atoms with E-state index in [0.717, 1.165) is 25.4 Å². The van der Waals surface area contributed by atoms with Crippen LogP contribution in [0.4, 0.5) is 0 Å². The molecule has 1 saturated carbocycles. The van der Waals surface area contributed by atoms with Crippen molar-refractivity contribution in [1.82, 2.24) is 10.2 Å². The predicted molar refractivity (Wildman–Crippen MR) is 62.7 cm³/mol. The van der Waals surface area contributed by atoms with Crippen molar-refractivity contribution in [3.05, 3.63) is 0 Å². The molecule has 0 aromatic heterocycles. The molecule has 0 aromatic carbocycles. The standard InChI is InChI=1S/C12H24N2O/c1-4-7-14(9-11-5-6-11)12(15)8-13-10(2)3/h10-11,13H,4-9H2,1-3H3. The number of carbonyl (C=O) groups is 1. The summed E-state index contributed by atoms with van der Waals surface area (Å²) in [5, 5.41) is 3.19. The Morgan fingerprint density at radius 3 is 2.60 bits per heavy atom. The average molecular weight is 212 g/mol. The normalized spacial score (nSPS) is 15.7. The van der Waals surface area contributed by atoms with E-state index in [1.807, 2.05) is 4.90 Å². The quantitative estimate of drug-likeness (QED) is 0.695. The Bertz CT molecular complexity index is 200. The van der Waals surface area contributed by atoms with Gasteiger partial charge in [0.2, 0.25) is 5.91 Å². The van der Waals surface area contributed by atoms with Crippen molar-refractivity contribution in [2.75, 3.05) is 19.6 Å². The first-order chi connectivity index (χ1) is 7.13. The summed E-state index contributed by atoms with van der Waals surface area (Å²) < 4.78 is 0. The highest BCUT2D eigenvalue weighted by Crippen LogP contribution is 2.29. The van der Waals surface area contributed by atoms with Crippen LogP contribution in [-0.4, -0.2) is 36.5 Å². The van der Waals surface area contributed by atoms with Crippen molar-refractivity contribution < 1.29 is 4.79 Å². The van der Waals surface area contributed by atoms with E-state index >= 15 is 0 Å². The lowest BCUT2D eigenvalue weighted by molar-refractivity contribution is -0.130. The third-order valence-corrected chi connectivity index (χ3v) is 2.68. The predicted octanol–water partition coefficient (Wildman–Crippen LogP) is 1.63. The Hall–Kier alpha value is -0.570. The number of rotatable bonds is 7. The van der Waals surface area contributed by atoms with Crippen molar-refractivity contribution >= 4 is 5.91 Å². The fourth-order valence-electron chi connectivity index (χ4n) is 1.60. The van der Waals surface area contributed by atoms with Gasteiger partial charge in [-0.2, -0.15) is 0 Å². The minimum Gasteiger partial charge on any atom is -0.341 e. The van der Waals surface area contributed by atoms with E-state index in [4.69, 9.17) is 0 Å². The fraction of sp³-hybridized carbons (Fsp3) is 0.917. The SMILES string of the molecule is CCCN(CC1CC1)C(=O)CNC(C)C. The lowest BCUT2D eigenvalue weighted by Gasteiger charge is -2.22. The zero-order valence-corrected chi connectivity index (χ0v) is 10.3. The van der Waals surface area contributed by atoms with Crippen LogP contribution in [0.15, 0.2) is 0 Å². The second-order valence-corrected chi connectivity index (χ2v) is 4.82. The van der Waals surface area contributed by atoms with Crippen LogP contribution >= 0.6 is 0 Å². The van der Waals surface area contributed by atoms with E-state index in [2.05, 4.69) is 26.1 Å². The highest BCUT2D eigenvalue weighted by Gasteiger charge is 2.26. The maximum absolute atomic E-state index is 11.9. The molecule has 3 heteroatoms. The van der Waals surface area contributed by atoms with Gasteiger partial charge in [-0.15, -0.1) is 0 Å². The number of carbonyl (C=O) groups excluding carboxylic acids is 1. The van der Waals surface area contributed by atoms with Gasteiger partial charge < -0.3 is 10.2 Å². The number of nitrogens with one attached hydrogen (secondary N) is 1. The first-order valence-electron chi connectivity index (χ1n) is 6.14. The molecule has 88 valence electrons. The molecule has 0 aromatic rings. The average Bonchev–Trinajstić information content (AvgIpc) is 2.97. The lowest BCUT2D eigenvalue weighted by atomic mass is 10.3. The third kappa shape index (κ3) is 5.17. The maximum atomic E-state index is 11.9. The molecular weight excluding hydrogens is 188 g/mol. The molecule has 1 amide bonds. The third-order valence-electron chi connectivity index (χ3n) is 2.68. The molecule has 0 bridgehead atoms. The van der Waals surface area contributed by atoms with Crippen molar-refractivity contribution in [2.45, 2.75) is 46.1 Å². The summed E-state index contributed by atoms with van der Waals surface area (Å²) in [7, 11) is 0. The van der Waals surface area contributed by atoms with Crippen LogP contribution in [0.25, 0.3) is 0 Å². The number of hydrogen-bond donors (Lipinski definition) is 1. The summed E-state index contributed by atoms with van der Waals surface area (Å²) in [4.78, 5) is 13.9. The van der Waals surface area contributed by atoms with Gasteiger partial charge in [-0.1, -0.05) is 20.8 Å². The highest BCUT2D eigenvalue weighted by atomic mass is 16.2. The molecule has 1 aliphatic carbocycles. The van der Waals surface area contributed by atoms with Crippen molar-refractivity contribution in [3.8, 4) is 0 Å². The van der Waals surface area contributed by atoms with Crippen LogP contribution in [0.1, 0.15) is 40.0 Å². The Balaban J connectivity index is 2.28. The summed E-state index contributed by atoms with van der Waals surface area (Å²) in [5.41, 5.74) is 0. The van der Waals surface area contributed by atoms with E-state index in [0.29, 0.717) is 12.6 Å². The van der Waals surface area contributed by atoms with E-state index in [-0.39, 0.29) is 5.91 Å². The van der Waals surface area contributed by atoms with Gasteiger partial charge in [-0.25, -0.2) is 0 Å². The minimum atomic E-state index is 0.262. The molecular formula is C12H24N2O. The van der Waals surface area contributed by atoms with Crippen LogP contribution in [0.2, 0.25) is 0 Å². The van der Waals surface area contributed by atoms with Crippen molar-refractivity contribution in [3.63, 3.8) is 0 Å². The molecule has 1 rings (SSSR count). The molecule has 0 heterocycles. The molecule has 1 N–H and O–H groups in total. The molecule has 0 saturated heterocycles.